The lowest BCUT2D eigenvalue weighted by molar-refractivity contribution is -0.0599. The van der Waals surface area contributed by atoms with E-state index in [-0.39, 0.29) is 0 Å². The van der Waals surface area contributed by atoms with Gasteiger partial charge in [0.25, 0.3) is 0 Å². The second-order valence-electron chi connectivity index (χ2n) is 5.40. The van der Waals surface area contributed by atoms with Gasteiger partial charge in [0.15, 0.2) is 6.29 Å². The maximum absolute atomic E-state index is 8.81. The van der Waals surface area contributed by atoms with Crippen molar-refractivity contribution < 1.29 is 10.2 Å². The van der Waals surface area contributed by atoms with E-state index < -0.39 is 12.3 Å². The third-order valence-corrected chi connectivity index (χ3v) is 3.52. The third-order valence-electron chi connectivity index (χ3n) is 3.52. The Morgan fingerprint density at radius 3 is 1.50 bits per heavy atom. The van der Waals surface area contributed by atoms with Crippen molar-refractivity contribution in [2.75, 3.05) is 0 Å². The molecule has 0 radical (unpaired) electrons. The quantitative estimate of drug-likeness (QED) is 0.351. The minimum absolute atomic E-state index is 0.469. The molecule has 0 aromatic rings. The summed E-state index contributed by atoms with van der Waals surface area (Å²) in [6.07, 6.45) is 13.7. The fourth-order valence-corrected chi connectivity index (χ4v) is 2.19. The normalized spacial score (nSPS) is 13.2. The van der Waals surface area contributed by atoms with Crippen LogP contribution in [0.15, 0.2) is 0 Å². The molecular formula is C15H33NO2. The first-order chi connectivity index (χ1) is 8.68. The summed E-state index contributed by atoms with van der Waals surface area (Å²) in [5, 5.41) is 17.6. The minimum Gasteiger partial charge on any atom is -0.367 e. The van der Waals surface area contributed by atoms with Crippen LogP contribution in [0.4, 0.5) is 0 Å². The van der Waals surface area contributed by atoms with E-state index in [1.54, 1.807) is 0 Å². The molecule has 3 nitrogen and oxygen atoms in total. The molecule has 0 saturated carbocycles. The second kappa shape index (κ2) is 13.3. The summed E-state index contributed by atoms with van der Waals surface area (Å²) in [6, 6.07) is -0.469. The van der Waals surface area contributed by atoms with Crippen LogP contribution >= 0.6 is 0 Å². The Bertz CT molecular complexity index is 163. The predicted octanol–water partition coefficient (Wildman–Crippen LogP) is 3.33. The molecule has 0 bridgehead atoms. The average molecular weight is 259 g/mol. The maximum Gasteiger partial charge on any atom is 0.166 e. The van der Waals surface area contributed by atoms with Gasteiger partial charge in [0.1, 0.15) is 0 Å². The zero-order chi connectivity index (χ0) is 13.6. The number of aliphatic hydroxyl groups excluding tert-OH is 1. The van der Waals surface area contributed by atoms with Crippen LogP contribution in [-0.2, 0) is 0 Å². The Hall–Kier alpha value is -0.120. The molecular weight excluding hydrogens is 226 g/mol. The van der Waals surface area contributed by atoms with Crippen LogP contribution in [0.25, 0.3) is 0 Å². The lowest BCUT2D eigenvalue weighted by Crippen LogP contribution is -2.34. The number of nitrogens with two attached hydrogens (primary N) is 1. The van der Waals surface area contributed by atoms with Gasteiger partial charge in [0.2, 0.25) is 0 Å². The Kier molecular flexibility index (Phi) is 13.2. The van der Waals surface area contributed by atoms with Gasteiger partial charge < -0.3 is 15.9 Å². The smallest absolute Gasteiger partial charge is 0.166 e. The number of aliphatic hydroxyl groups is 2. The molecule has 4 N–H and O–H groups in total. The van der Waals surface area contributed by atoms with Gasteiger partial charge in [0.05, 0.1) is 6.04 Å². The lowest BCUT2D eigenvalue weighted by atomic mass is 10.0. The topological polar surface area (TPSA) is 66.5 Å². The van der Waals surface area contributed by atoms with Crippen LogP contribution in [0.3, 0.4) is 0 Å². The standard InChI is InChI=1S/C15H33NO2/c1-2-3-4-5-6-7-8-9-10-11-12-13-14(16)15(17)18/h14-15,17-18H,2-13,16H2,1H3. The first kappa shape index (κ1) is 17.9. The van der Waals surface area contributed by atoms with Crippen molar-refractivity contribution >= 4 is 0 Å². The minimum atomic E-state index is -1.35. The first-order valence-corrected chi connectivity index (χ1v) is 7.80. The van der Waals surface area contributed by atoms with Crippen molar-refractivity contribution in [2.45, 2.75) is 96.3 Å². The molecule has 1 atom stereocenters. The molecule has 0 spiro atoms. The van der Waals surface area contributed by atoms with Gasteiger partial charge in [-0.05, 0) is 6.42 Å². The van der Waals surface area contributed by atoms with Crippen LogP contribution < -0.4 is 5.73 Å². The highest BCUT2D eigenvalue weighted by molar-refractivity contribution is 4.62. The van der Waals surface area contributed by atoms with Crippen molar-refractivity contribution in [3.05, 3.63) is 0 Å². The van der Waals surface area contributed by atoms with Gasteiger partial charge in [-0.1, -0.05) is 77.6 Å². The van der Waals surface area contributed by atoms with Crippen molar-refractivity contribution in [3.63, 3.8) is 0 Å². The number of hydrogen-bond donors (Lipinski definition) is 3. The average Bonchev–Trinajstić information content (AvgIpc) is 2.35. The van der Waals surface area contributed by atoms with Gasteiger partial charge in [-0.2, -0.15) is 0 Å². The molecule has 0 saturated heterocycles. The fourth-order valence-electron chi connectivity index (χ4n) is 2.19. The van der Waals surface area contributed by atoms with E-state index >= 15 is 0 Å². The Balaban J connectivity index is 3.03. The van der Waals surface area contributed by atoms with E-state index in [1.165, 1.54) is 57.8 Å². The van der Waals surface area contributed by atoms with Gasteiger partial charge in [-0.15, -0.1) is 0 Å². The van der Waals surface area contributed by atoms with E-state index in [9.17, 15) is 0 Å². The van der Waals surface area contributed by atoms with Gasteiger partial charge in [0, 0.05) is 0 Å². The maximum atomic E-state index is 8.81. The molecule has 0 aliphatic rings. The molecule has 3 heteroatoms. The molecule has 0 heterocycles. The van der Waals surface area contributed by atoms with Gasteiger partial charge in [-0.3, -0.25) is 0 Å². The summed E-state index contributed by atoms with van der Waals surface area (Å²) in [5.74, 6) is 0. The molecule has 0 aliphatic heterocycles. The van der Waals surface area contributed by atoms with Gasteiger partial charge >= 0.3 is 0 Å². The summed E-state index contributed by atoms with van der Waals surface area (Å²) in [7, 11) is 0. The summed E-state index contributed by atoms with van der Waals surface area (Å²) in [6.45, 7) is 2.25. The Labute approximate surface area is 113 Å². The van der Waals surface area contributed by atoms with Crippen molar-refractivity contribution in [1.29, 1.82) is 0 Å². The van der Waals surface area contributed by atoms with E-state index in [0.29, 0.717) is 6.42 Å². The first-order valence-electron chi connectivity index (χ1n) is 7.80. The SMILES string of the molecule is CCCCCCCCCCCCCC(N)C(O)O. The Morgan fingerprint density at radius 2 is 1.11 bits per heavy atom. The van der Waals surface area contributed by atoms with E-state index in [4.69, 9.17) is 15.9 Å². The van der Waals surface area contributed by atoms with Crippen LogP contribution in [0.2, 0.25) is 0 Å². The number of rotatable bonds is 13. The summed E-state index contributed by atoms with van der Waals surface area (Å²) >= 11 is 0. The largest absolute Gasteiger partial charge is 0.367 e. The van der Waals surface area contributed by atoms with Crippen molar-refractivity contribution in [2.24, 2.45) is 5.73 Å². The van der Waals surface area contributed by atoms with E-state index in [2.05, 4.69) is 6.92 Å². The molecule has 110 valence electrons. The number of unbranched alkanes of at least 4 members (excludes halogenated alkanes) is 10. The highest BCUT2D eigenvalue weighted by atomic mass is 16.5. The van der Waals surface area contributed by atoms with E-state index in [1.807, 2.05) is 0 Å². The molecule has 1 unspecified atom stereocenters. The molecule has 0 rings (SSSR count). The summed E-state index contributed by atoms with van der Waals surface area (Å²) < 4.78 is 0. The Morgan fingerprint density at radius 1 is 0.722 bits per heavy atom. The molecule has 0 aromatic carbocycles. The van der Waals surface area contributed by atoms with Crippen LogP contribution in [0, 0.1) is 0 Å². The predicted molar refractivity (Wildman–Crippen MR) is 77.3 cm³/mol. The summed E-state index contributed by atoms with van der Waals surface area (Å²) in [5.41, 5.74) is 5.54. The van der Waals surface area contributed by atoms with Gasteiger partial charge in [-0.25, -0.2) is 0 Å². The van der Waals surface area contributed by atoms with Crippen molar-refractivity contribution in [3.8, 4) is 0 Å². The highest BCUT2D eigenvalue weighted by Crippen LogP contribution is 2.12. The van der Waals surface area contributed by atoms with Crippen LogP contribution in [-0.4, -0.2) is 22.5 Å². The molecule has 0 amide bonds. The zero-order valence-corrected chi connectivity index (χ0v) is 12.1. The van der Waals surface area contributed by atoms with Crippen LogP contribution in [0.1, 0.15) is 84.0 Å². The second-order valence-corrected chi connectivity index (χ2v) is 5.40. The lowest BCUT2D eigenvalue weighted by Gasteiger charge is -2.12. The third kappa shape index (κ3) is 12.3. The molecule has 18 heavy (non-hydrogen) atoms. The highest BCUT2D eigenvalue weighted by Gasteiger charge is 2.09. The molecule has 0 aliphatic carbocycles. The number of hydrogen-bond acceptors (Lipinski definition) is 3. The van der Waals surface area contributed by atoms with Crippen LogP contribution in [0.5, 0.6) is 0 Å². The molecule has 0 fully saturated rings. The van der Waals surface area contributed by atoms with Crippen molar-refractivity contribution in [1.82, 2.24) is 0 Å². The summed E-state index contributed by atoms with van der Waals surface area (Å²) in [4.78, 5) is 0. The zero-order valence-electron chi connectivity index (χ0n) is 12.1. The fraction of sp³-hybridized carbons (Fsp3) is 1.00. The molecule has 0 aromatic heterocycles. The van der Waals surface area contributed by atoms with E-state index in [0.717, 1.165) is 12.8 Å². The monoisotopic (exact) mass is 259 g/mol.